The van der Waals surface area contributed by atoms with E-state index < -0.39 is 8.07 Å². The van der Waals surface area contributed by atoms with Crippen molar-refractivity contribution in [3.8, 4) is 11.3 Å². The van der Waals surface area contributed by atoms with E-state index >= 15 is 0 Å². The van der Waals surface area contributed by atoms with Crippen molar-refractivity contribution in [2.24, 2.45) is 0 Å². The molecule has 1 fully saturated rings. The Morgan fingerprint density at radius 1 is 0.897 bits per heavy atom. The van der Waals surface area contributed by atoms with Gasteiger partial charge in [0.15, 0.2) is 0 Å². The number of rotatable bonds is 3. The fraction of sp³-hybridized carbons (Fsp3) is 0.346. The number of fused-ring (bicyclic) bond motifs is 3. The maximum absolute atomic E-state index is 4.91. The molecule has 2 aromatic carbocycles. The fourth-order valence-corrected chi connectivity index (χ4v) is 7.07. The number of thiophene rings is 1. The normalized spacial score (nSPS) is 16.0. The number of aromatic nitrogens is 1. The van der Waals surface area contributed by atoms with E-state index in [4.69, 9.17) is 4.98 Å². The monoisotopic (exact) mass is 415 g/mol. The van der Waals surface area contributed by atoms with Gasteiger partial charge in [-0.05, 0) is 36.5 Å². The summed E-state index contributed by atoms with van der Waals surface area (Å²) in [6, 6.07) is 18.4. The summed E-state index contributed by atoms with van der Waals surface area (Å²) in [6.07, 6.45) is 8.93. The molecule has 0 saturated heterocycles. The molecule has 0 unspecified atom stereocenters. The Morgan fingerprint density at radius 2 is 1.72 bits per heavy atom. The number of hydrogen-bond acceptors (Lipinski definition) is 2. The van der Waals surface area contributed by atoms with E-state index in [1.165, 1.54) is 68.6 Å². The van der Waals surface area contributed by atoms with Crippen LogP contribution in [0.3, 0.4) is 0 Å². The Bertz CT molecular complexity index is 1160. The van der Waals surface area contributed by atoms with Crippen molar-refractivity contribution in [2.75, 3.05) is 0 Å². The van der Waals surface area contributed by atoms with Crippen LogP contribution < -0.4 is 5.19 Å². The van der Waals surface area contributed by atoms with Crippen molar-refractivity contribution < 1.29 is 0 Å². The third kappa shape index (κ3) is 3.55. The van der Waals surface area contributed by atoms with Gasteiger partial charge in [-0.1, -0.05) is 80.5 Å². The number of nitrogens with zero attached hydrogens (tertiary/aromatic N) is 1. The van der Waals surface area contributed by atoms with Crippen LogP contribution in [-0.4, -0.2) is 13.1 Å². The second-order valence-corrected chi connectivity index (χ2v) is 15.7. The first-order valence-electron chi connectivity index (χ1n) is 10.9. The van der Waals surface area contributed by atoms with E-state index in [9.17, 15) is 0 Å². The molecule has 5 rings (SSSR count). The quantitative estimate of drug-likeness (QED) is 0.312. The lowest BCUT2D eigenvalue weighted by Crippen LogP contribution is -2.37. The SMILES string of the molecule is C[Si](C)(C)c1ccc2sc3c(-c4ccc(C5CCCCC5)cn4)cccc3c2c1. The number of pyridine rings is 1. The predicted molar refractivity (Wildman–Crippen MR) is 131 cm³/mol. The minimum Gasteiger partial charge on any atom is -0.256 e. The zero-order valence-electron chi connectivity index (χ0n) is 17.7. The van der Waals surface area contributed by atoms with E-state index in [0.717, 1.165) is 5.69 Å². The van der Waals surface area contributed by atoms with Crippen molar-refractivity contribution in [3.63, 3.8) is 0 Å². The Balaban J connectivity index is 1.58. The summed E-state index contributed by atoms with van der Waals surface area (Å²) in [4.78, 5) is 4.91. The van der Waals surface area contributed by atoms with Gasteiger partial charge in [-0.3, -0.25) is 4.98 Å². The Labute approximate surface area is 178 Å². The van der Waals surface area contributed by atoms with Crippen LogP contribution in [0.15, 0.2) is 54.7 Å². The van der Waals surface area contributed by atoms with Crippen molar-refractivity contribution in [1.82, 2.24) is 4.98 Å². The van der Waals surface area contributed by atoms with Crippen LogP contribution in [0.5, 0.6) is 0 Å². The molecule has 0 amide bonds. The summed E-state index contributed by atoms with van der Waals surface area (Å²) in [5, 5.41) is 4.32. The molecular weight excluding hydrogens is 386 g/mol. The van der Waals surface area contributed by atoms with E-state index in [0.29, 0.717) is 5.92 Å². The van der Waals surface area contributed by atoms with Gasteiger partial charge in [-0.25, -0.2) is 0 Å². The third-order valence-corrected chi connectivity index (χ3v) is 9.76. The third-order valence-electron chi connectivity index (χ3n) is 6.50. The summed E-state index contributed by atoms with van der Waals surface area (Å²) in [6.45, 7) is 7.27. The molecule has 2 aromatic heterocycles. The first-order valence-corrected chi connectivity index (χ1v) is 15.2. The summed E-state index contributed by atoms with van der Waals surface area (Å²) in [5.41, 5.74) is 3.80. The Morgan fingerprint density at radius 3 is 2.45 bits per heavy atom. The van der Waals surface area contributed by atoms with Crippen molar-refractivity contribution in [1.29, 1.82) is 0 Å². The van der Waals surface area contributed by atoms with Gasteiger partial charge in [-0.15, -0.1) is 11.3 Å². The van der Waals surface area contributed by atoms with Crippen LogP contribution in [0.1, 0.15) is 43.6 Å². The first-order chi connectivity index (χ1) is 14.0. The summed E-state index contributed by atoms with van der Waals surface area (Å²) >= 11 is 1.91. The van der Waals surface area contributed by atoms with Gasteiger partial charge < -0.3 is 0 Å². The summed E-state index contributed by atoms with van der Waals surface area (Å²) in [7, 11) is -1.32. The minimum absolute atomic E-state index is 0.713. The number of benzene rings is 2. The molecule has 0 atom stereocenters. The van der Waals surface area contributed by atoms with E-state index in [2.05, 4.69) is 74.4 Å². The average Bonchev–Trinajstić information content (AvgIpc) is 3.12. The van der Waals surface area contributed by atoms with Crippen LogP contribution in [0, 0.1) is 0 Å². The van der Waals surface area contributed by atoms with Crippen molar-refractivity contribution >= 4 is 44.8 Å². The lowest BCUT2D eigenvalue weighted by molar-refractivity contribution is 0.443. The molecule has 1 nitrogen and oxygen atoms in total. The molecule has 0 N–H and O–H groups in total. The van der Waals surface area contributed by atoms with Crippen LogP contribution in [-0.2, 0) is 0 Å². The largest absolute Gasteiger partial charge is 0.256 e. The van der Waals surface area contributed by atoms with Gasteiger partial charge >= 0.3 is 0 Å². The van der Waals surface area contributed by atoms with Gasteiger partial charge in [0.2, 0.25) is 0 Å². The van der Waals surface area contributed by atoms with Crippen LogP contribution >= 0.6 is 11.3 Å². The second-order valence-electron chi connectivity index (χ2n) is 9.56. The maximum Gasteiger partial charge on any atom is 0.0776 e. The molecule has 1 aliphatic carbocycles. The van der Waals surface area contributed by atoms with Gasteiger partial charge in [-0.2, -0.15) is 0 Å². The molecule has 1 aliphatic rings. The lowest BCUT2D eigenvalue weighted by Gasteiger charge is -2.21. The highest BCUT2D eigenvalue weighted by Crippen LogP contribution is 2.40. The highest BCUT2D eigenvalue weighted by Gasteiger charge is 2.19. The molecule has 0 aliphatic heterocycles. The Kier molecular flexibility index (Phi) is 4.83. The average molecular weight is 416 g/mol. The van der Waals surface area contributed by atoms with Gasteiger partial charge in [0.05, 0.1) is 13.8 Å². The van der Waals surface area contributed by atoms with E-state index in [1.807, 2.05) is 11.3 Å². The highest BCUT2D eigenvalue weighted by molar-refractivity contribution is 7.26. The zero-order chi connectivity index (χ0) is 20.0. The number of hydrogen-bond donors (Lipinski definition) is 0. The van der Waals surface area contributed by atoms with Gasteiger partial charge in [0.25, 0.3) is 0 Å². The molecule has 148 valence electrons. The van der Waals surface area contributed by atoms with Crippen LogP contribution in [0.2, 0.25) is 19.6 Å². The van der Waals surface area contributed by atoms with Crippen LogP contribution in [0.4, 0.5) is 0 Å². The molecule has 4 aromatic rings. The molecule has 0 radical (unpaired) electrons. The molecule has 1 saturated carbocycles. The zero-order valence-corrected chi connectivity index (χ0v) is 19.5. The molecule has 29 heavy (non-hydrogen) atoms. The smallest absolute Gasteiger partial charge is 0.0776 e. The van der Waals surface area contributed by atoms with Crippen molar-refractivity contribution in [2.45, 2.75) is 57.7 Å². The highest BCUT2D eigenvalue weighted by atomic mass is 32.1. The summed E-state index contributed by atoms with van der Waals surface area (Å²) < 4.78 is 2.75. The molecule has 0 spiro atoms. The minimum atomic E-state index is -1.32. The first kappa shape index (κ1) is 19.0. The molecule has 3 heteroatoms. The summed E-state index contributed by atoms with van der Waals surface area (Å²) in [5.74, 6) is 0.713. The van der Waals surface area contributed by atoms with E-state index in [1.54, 1.807) is 0 Å². The molecule has 2 heterocycles. The van der Waals surface area contributed by atoms with Gasteiger partial charge in [0, 0.05) is 31.9 Å². The lowest BCUT2D eigenvalue weighted by atomic mass is 9.85. The fourth-order valence-electron chi connectivity index (χ4n) is 4.71. The topological polar surface area (TPSA) is 12.9 Å². The maximum atomic E-state index is 4.91. The van der Waals surface area contributed by atoms with Gasteiger partial charge in [0.1, 0.15) is 0 Å². The van der Waals surface area contributed by atoms with Crippen molar-refractivity contribution in [3.05, 3.63) is 60.3 Å². The Hall–Kier alpha value is -1.97. The standard InChI is InChI=1S/C26H29NSSi/c1-29(2,3)20-13-15-25-23(16-20)21-10-7-11-22(26(21)28-25)24-14-12-19(17-27-24)18-8-5-4-6-9-18/h7,10-18H,4-6,8-9H2,1-3H3. The molecule has 0 bridgehead atoms. The van der Waals surface area contributed by atoms with Crippen LogP contribution in [0.25, 0.3) is 31.4 Å². The predicted octanol–water partition coefficient (Wildman–Crippen LogP) is 7.71. The van der Waals surface area contributed by atoms with E-state index in [-0.39, 0.29) is 0 Å². The second kappa shape index (κ2) is 7.37. The molecular formula is C26H29NSSi.